The van der Waals surface area contributed by atoms with Crippen molar-refractivity contribution < 1.29 is 23.9 Å². The first-order chi connectivity index (χ1) is 16.2. The highest BCUT2D eigenvalue weighted by molar-refractivity contribution is 6.08. The summed E-state index contributed by atoms with van der Waals surface area (Å²) in [5.74, 6) is -1.75. The van der Waals surface area contributed by atoms with Gasteiger partial charge in [0.05, 0.1) is 30.2 Å². The quantitative estimate of drug-likeness (QED) is 0.410. The Bertz CT molecular complexity index is 1400. The topological polar surface area (TPSA) is 154 Å². The highest BCUT2D eigenvalue weighted by Crippen LogP contribution is 2.24. The molecule has 34 heavy (non-hydrogen) atoms. The number of amides is 3. The minimum absolute atomic E-state index is 0.120. The van der Waals surface area contributed by atoms with Gasteiger partial charge < -0.3 is 14.6 Å². The van der Waals surface area contributed by atoms with E-state index in [1.54, 1.807) is 32.0 Å². The Hall–Kier alpha value is -4.35. The third-order valence-electron chi connectivity index (χ3n) is 5.64. The highest BCUT2D eigenvalue weighted by Gasteiger charge is 2.31. The van der Waals surface area contributed by atoms with Crippen LogP contribution in [0.5, 0.6) is 0 Å². The number of anilines is 1. The summed E-state index contributed by atoms with van der Waals surface area (Å²) in [5.41, 5.74) is 0.643. The Morgan fingerprint density at radius 2 is 2.00 bits per heavy atom. The summed E-state index contributed by atoms with van der Waals surface area (Å²) in [6.45, 7) is 3.02. The maximum atomic E-state index is 13.3. The molecule has 1 atom stereocenters. The van der Waals surface area contributed by atoms with Gasteiger partial charge >= 0.3 is 5.97 Å². The number of para-hydroxylation sites is 1. The van der Waals surface area contributed by atoms with E-state index in [-0.39, 0.29) is 53.4 Å². The van der Waals surface area contributed by atoms with Gasteiger partial charge in [-0.3, -0.25) is 33.9 Å². The first kappa shape index (κ1) is 22.8. The molecule has 1 saturated heterocycles. The van der Waals surface area contributed by atoms with Crippen LogP contribution in [-0.4, -0.2) is 49.9 Å². The van der Waals surface area contributed by atoms with Crippen molar-refractivity contribution in [1.82, 2.24) is 24.4 Å². The number of aryl methyl sites for hydroxylation is 2. The fourth-order valence-corrected chi connectivity index (χ4v) is 4.01. The second-order valence-corrected chi connectivity index (χ2v) is 7.84. The van der Waals surface area contributed by atoms with Crippen LogP contribution in [0.3, 0.4) is 0 Å². The molecule has 12 heteroatoms. The van der Waals surface area contributed by atoms with Crippen LogP contribution in [0.1, 0.15) is 40.9 Å². The normalized spacial score (nSPS) is 15.8. The van der Waals surface area contributed by atoms with Crippen molar-refractivity contribution >= 4 is 40.3 Å². The number of imidazole rings is 1. The average Bonchev–Trinajstić information content (AvgIpc) is 3.15. The average molecular weight is 466 g/mol. The summed E-state index contributed by atoms with van der Waals surface area (Å²) in [7, 11) is 1.25. The van der Waals surface area contributed by atoms with E-state index < -0.39 is 29.4 Å². The lowest BCUT2D eigenvalue weighted by atomic mass is 10.1. The maximum absolute atomic E-state index is 13.3. The second kappa shape index (κ2) is 8.89. The second-order valence-electron chi connectivity index (χ2n) is 7.84. The number of benzene rings is 1. The molecule has 0 aliphatic carbocycles. The lowest BCUT2D eigenvalue weighted by Crippen LogP contribution is -2.45. The van der Waals surface area contributed by atoms with E-state index in [1.807, 2.05) is 0 Å². The molecule has 4 rings (SSSR count). The Morgan fingerprint density at radius 3 is 2.71 bits per heavy atom. The Labute approximate surface area is 192 Å². The number of hydrogen-bond donors (Lipinski definition) is 2. The number of carbonyl (C=O) groups excluding carboxylic acids is 4. The smallest absolute Gasteiger partial charge is 0.325 e. The predicted octanol–water partition coefficient (Wildman–Crippen LogP) is 0.613. The Kier molecular flexibility index (Phi) is 5.97. The van der Waals surface area contributed by atoms with Crippen molar-refractivity contribution in [1.29, 1.82) is 0 Å². The molecule has 3 heterocycles. The predicted molar refractivity (Wildman–Crippen MR) is 119 cm³/mol. The van der Waals surface area contributed by atoms with Crippen molar-refractivity contribution in [3.05, 3.63) is 52.1 Å². The lowest BCUT2D eigenvalue weighted by Gasteiger charge is -2.24. The van der Waals surface area contributed by atoms with Gasteiger partial charge in [-0.1, -0.05) is 6.07 Å². The molecule has 1 unspecified atom stereocenters. The number of ether oxygens (including phenoxy) is 1. The summed E-state index contributed by atoms with van der Waals surface area (Å²) in [6.07, 6.45) is 1.68. The number of nitrogens with zero attached hydrogens (tertiary/aromatic N) is 4. The highest BCUT2D eigenvalue weighted by atomic mass is 16.5. The molecule has 1 aromatic carbocycles. The molecule has 176 valence electrons. The van der Waals surface area contributed by atoms with Crippen molar-refractivity contribution in [3.63, 3.8) is 0 Å². The van der Waals surface area contributed by atoms with Gasteiger partial charge in [-0.05, 0) is 32.4 Å². The minimum atomic E-state index is -0.851. The summed E-state index contributed by atoms with van der Waals surface area (Å²) in [5, 5.41) is 5.19. The van der Waals surface area contributed by atoms with E-state index in [0.717, 1.165) is 0 Å². The number of carbonyl (C=O) groups is 4. The van der Waals surface area contributed by atoms with E-state index >= 15 is 0 Å². The molecule has 2 N–H and O–H groups in total. The van der Waals surface area contributed by atoms with Crippen LogP contribution >= 0.6 is 0 Å². The third-order valence-corrected chi connectivity index (χ3v) is 5.64. The molecular weight excluding hydrogens is 444 g/mol. The van der Waals surface area contributed by atoms with Gasteiger partial charge in [0.25, 0.3) is 11.5 Å². The minimum Gasteiger partial charge on any atom is -0.468 e. The molecule has 1 aliphatic heterocycles. The molecular formula is C22H22N6O6. The Balaban J connectivity index is 1.72. The third kappa shape index (κ3) is 4.05. The first-order valence-corrected chi connectivity index (χ1v) is 10.5. The molecule has 0 saturated carbocycles. The fraction of sp³-hybridized carbons (Fsp3) is 0.318. The Morgan fingerprint density at radius 1 is 1.24 bits per heavy atom. The van der Waals surface area contributed by atoms with E-state index in [0.29, 0.717) is 5.69 Å². The van der Waals surface area contributed by atoms with Crippen LogP contribution in [0.2, 0.25) is 0 Å². The van der Waals surface area contributed by atoms with Gasteiger partial charge in [-0.2, -0.15) is 0 Å². The number of esters is 1. The van der Waals surface area contributed by atoms with Crippen molar-refractivity contribution in [3.8, 4) is 0 Å². The fourth-order valence-electron chi connectivity index (χ4n) is 4.01. The largest absolute Gasteiger partial charge is 0.468 e. The summed E-state index contributed by atoms with van der Waals surface area (Å²) in [4.78, 5) is 70.5. The number of nitrogens with one attached hydrogen (secondary N) is 2. The first-order valence-electron chi connectivity index (χ1n) is 10.5. The summed E-state index contributed by atoms with van der Waals surface area (Å²) >= 11 is 0. The molecule has 2 aromatic heterocycles. The number of imide groups is 1. The number of aromatic nitrogens is 4. The summed E-state index contributed by atoms with van der Waals surface area (Å²) < 4.78 is 7.30. The van der Waals surface area contributed by atoms with Crippen LogP contribution in [-0.2, 0) is 25.7 Å². The molecule has 1 aliphatic rings. The zero-order valence-corrected chi connectivity index (χ0v) is 18.7. The van der Waals surface area contributed by atoms with E-state index in [1.165, 1.54) is 22.6 Å². The number of piperidine rings is 1. The van der Waals surface area contributed by atoms with E-state index in [2.05, 4.69) is 25.3 Å². The van der Waals surface area contributed by atoms with Gasteiger partial charge in [0.2, 0.25) is 11.8 Å². The van der Waals surface area contributed by atoms with Crippen LogP contribution in [0, 0.1) is 13.8 Å². The zero-order chi connectivity index (χ0) is 24.6. The number of methoxy groups -OCH3 is 1. The van der Waals surface area contributed by atoms with Gasteiger partial charge in [0, 0.05) is 6.42 Å². The van der Waals surface area contributed by atoms with Gasteiger partial charge in [-0.15, -0.1) is 0 Å². The van der Waals surface area contributed by atoms with Gasteiger partial charge in [0.15, 0.2) is 0 Å². The van der Waals surface area contributed by atoms with Crippen LogP contribution in [0.25, 0.3) is 10.9 Å². The molecule has 0 spiro atoms. The van der Waals surface area contributed by atoms with Crippen molar-refractivity contribution in [2.24, 2.45) is 0 Å². The number of fused-ring (bicyclic) bond motifs is 1. The molecule has 12 nitrogen and oxygen atoms in total. The van der Waals surface area contributed by atoms with Crippen molar-refractivity contribution in [2.45, 2.75) is 39.3 Å². The molecule has 0 bridgehead atoms. The van der Waals surface area contributed by atoms with Gasteiger partial charge in [0.1, 0.15) is 29.6 Å². The van der Waals surface area contributed by atoms with Crippen LogP contribution in [0.4, 0.5) is 5.69 Å². The molecule has 3 amide bonds. The van der Waals surface area contributed by atoms with Crippen molar-refractivity contribution in [2.75, 3.05) is 12.4 Å². The summed E-state index contributed by atoms with van der Waals surface area (Å²) in [6, 6.07) is 3.88. The van der Waals surface area contributed by atoms with Gasteiger partial charge in [-0.25, -0.2) is 9.97 Å². The zero-order valence-electron chi connectivity index (χ0n) is 18.7. The standard InChI is InChI=1S/C22H22N6O6/c1-11-19(27(10-23-11)9-17(30)34-3)21(32)25-14-6-4-5-13-18(14)24-12(2)28(22(13)33)15-7-8-16(29)26-20(15)31/h4-6,10,15H,7-9H2,1-3H3,(H,25,32)(H,26,29,31). The maximum Gasteiger partial charge on any atom is 0.325 e. The number of rotatable bonds is 5. The van der Waals surface area contributed by atoms with E-state index in [4.69, 9.17) is 0 Å². The SMILES string of the molecule is COC(=O)Cn1cnc(C)c1C(=O)Nc1cccc2c(=O)n(C3CCC(=O)NC3=O)c(C)nc12. The number of hydrogen-bond acceptors (Lipinski definition) is 8. The van der Waals surface area contributed by atoms with E-state index in [9.17, 15) is 24.0 Å². The molecule has 0 radical (unpaired) electrons. The van der Waals surface area contributed by atoms with Crippen LogP contribution < -0.4 is 16.2 Å². The monoisotopic (exact) mass is 466 g/mol. The molecule has 1 fully saturated rings. The molecule has 3 aromatic rings. The van der Waals surface area contributed by atoms with Crippen LogP contribution in [0.15, 0.2) is 29.3 Å². The lowest BCUT2D eigenvalue weighted by molar-refractivity contribution is -0.141.